The zero-order valence-electron chi connectivity index (χ0n) is 33.3. The first kappa shape index (κ1) is 44.0. The van der Waals surface area contributed by atoms with Crippen LogP contribution in [0.25, 0.3) is 11.2 Å². The molecule has 1 saturated heterocycles. The first-order chi connectivity index (χ1) is 29.8. The first-order valence-corrected chi connectivity index (χ1v) is 21.2. The predicted octanol–water partition coefficient (Wildman–Crippen LogP) is 3.09. The van der Waals surface area contributed by atoms with Gasteiger partial charge in [0, 0.05) is 32.0 Å². The molecule has 1 amide bonds. The lowest BCUT2D eigenvalue weighted by Crippen LogP contribution is -2.30. The highest BCUT2D eigenvalue weighted by Gasteiger charge is 2.32. The number of methoxy groups -OCH3 is 1. The highest BCUT2D eigenvalue weighted by molar-refractivity contribution is 9.10. The largest absolute Gasteiger partial charge is 0.478 e. The Hall–Kier alpha value is -6.12. The van der Waals surface area contributed by atoms with Crippen molar-refractivity contribution in [2.75, 3.05) is 74.0 Å². The molecule has 6 aromatic rings. The summed E-state index contributed by atoms with van der Waals surface area (Å²) in [6, 6.07) is 9.30. The van der Waals surface area contributed by atoms with Crippen LogP contribution in [0.2, 0.25) is 0 Å². The zero-order chi connectivity index (χ0) is 44.0. The molecule has 1 aliphatic rings. The number of ether oxygens (including phenoxy) is 3. The fourth-order valence-electron chi connectivity index (χ4n) is 6.24. The Morgan fingerprint density at radius 3 is 2.45 bits per heavy atom. The number of primary amides is 1. The van der Waals surface area contributed by atoms with Gasteiger partial charge in [0.05, 0.1) is 85.8 Å². The van der Waals surface area contributed by atoms with Crippen LogP contribution in [0.5, 0.6) is 5.88 Å². The average Bonchev–Trinajstić information content (AvgIpc) is 3.93. The van der Waals surface area contributed by atoms with Gasteiger partial charge in [0.2, 0.25) is 21.9 Å². The molecular weight excluding hydrogens is 900 g/mol. The summed E-state index contributed by atoms with van der Waals surface area (Å²) in [5.74, 6) is -0.345. The number of aromatic nitrogens is 8. The summed E-state index contributed by atoms with van der Waals surface area (Å²) in [5, 5.41) is 13.6. The van der Waals surface area contributed by atoms with E-state index in [1.54, 1.807) is 33.7 Å². The number of amides is 1. The molecule has 0 aliphatic carbocycles. The third-order valence-corrected chi connectivity index (χ3v) is 11.4. The summed E-state index contributed by atoms with van der Waals surface area (Å²) < 4.78 is 77.4. The lowest BCUT2D eigenvalue weighted by molar-refractivity contribution is 0.0460. The molecule has 21 nitrogen and oxygen atoms in total. The molecular formula is C37H42BrF2N15O6S. The van der Waals surface area contributed by atoms with E-state index in [-0.39, 0.29) is 67.4 Å². The van der Waals surface area contributed by atoms with Crippen molar-refractivity contribution in [1.29, 1.82) is 0 Å². The lowest BCUT2D eigenvalue weighted by Gasteiger charge is -2.16. The molecule has 25 heteroatoms. The first-order valence-electron chi connectivity index (χ1n) is 18.9. The van der Waals surface area contributed by atoms with Crippen molar-refractivity contribution in [3.8, 4) is 5.88 Å². The third-order valence-electron chi connectivity index (χ3n) is 9.35. The van der Waals surface area contributed by atoms with Crippen molar-refractivity contribution in [1.82, 2.24) is 44.0 Å². The molecule has 4 aromatic heterocycles. The molecule has 1 aliphatic heterocycles. The number of carbonyl (C=O) groups is 1. The van der Waals surface area contributed by atoms with Crippen LogP contribution in [-0.4, -0.2) is 119 Å². The van der Waals surface area contributed by atoms with Gasteiger partial charge in [-0.15, -0.1) is 5.10 Å². The number of fused-ring (bicyclic) bond motifs is 1. The molecule has 0 unspecified atom stereocenters. The van der Waals surface area contributed by atoms with Gasteiger partial charge in [-0.05, 0) is 52.3 Å². The van der Waals surface area contributed by atoms with Crippen LogP contribution in [0.15, 0.2) is 70.6 Å². The van der Waals surface area contributed by atoms with Crippen molar-refractivity contribution >= 4 is 83.6 Å². The molecule has 0 bridgehead atoms. The Morgan fingerprint density at radius 2 is 1.73 bits per heavy atom. The van der Waals surface area contributed by atoms with Gasteiger partial charge in [-0.1, -0.05) is 6.07 Å². The van der Waals surface area contributed by atoms with Crippen molar-refractivity contribution in [2.24, 2.45) is 18.5 Å². The number of imidazole rings is 1. The minimum Gasteiger partial charge on any atom is -0.478 e. The lowest BCUT2D eigenvalue weighted by atomic mass is 10.1. The molecule has 2 aromatic carbocycles. The summed E-state index contributed by atoms with van der Waals surface area (Å²) in [5.41, 5.74) is 13.1. The predicted molar refractivity (Wildman–Crippen MR) is 228 cm³/mol. The number of nitrogens with zero attached hydrogens (tertiary/aromatic N) is 9. The van der Waals surface area contributed by atoms with Gasteiger partial charge < -0.3 is 51.1 Å². The van der Waals surface area contributed by atoms with Gasteiger partial charge in [-0.25, -0.2) is 31.9 Å². The Balaban J connectivity index is 0.832. The Kier molecular flexibility index (Phi) is 13.7. The molecule has 0 spiro atoms. The second-order valence-electron chi connectivity index (χ2n) is 13.7. The van der Waals surface area contributed by atoms with Crippen LogP contribution >= 0.6 is 15.9 Å². The molecule has 5 heterocycles. The Morgan fingerprint density at radius 1 is 0.968 bits per heavy atom. The van der Waals surface area contributed by atoms with E-state index in [1.807, 2.05) is 0 Å². The van der Waals surface area contributed by atoms with Crippen molar-refractivity contribution in [2.45, 2.75) is 23.7 Å². The number of alkyl halides is 1. The fourth-order valence-corrected chi connectivity index (χ4v) is 7.54. The van der Waals surface area contributed by atoms with Crippen molar-refractivity contribution in [3.63, 3.8) is 0 Å². The highest BCUT2D eigenvalue weighted by atomic mass is 79.9. The van der Waals surface area contributed by atoms with Gasteiger partial charge in [0.1, 0.15) is 23.5 Å². The molecule has 1 fully saturated rings. The van der Waals surface area contributed by atoms with Crippen molar-refractivity contribution in [3.05, 3.63) is 77.0 Å². The number of carbonyl (C=O) groups excluding carboxylic acids is 1. The summed E-state index contributed by atoms with van der Waals surface area (Å²) >= 11 is 3.33. The van der Waals surface area contributed by atoms with Gasteiger partial charge in [0.25, 0.3) is 11.8 Å². The van der Waals surface area contributed by atoms with E-state index < -0.39 is 34.0 Å². The number of nitrogens with one attached hydrogen (secondary N) is 4. The summed E-state index contributed by atoms with van der Waals surface area (Å²) in [6.07, 6.45) is 3.61. The average molecular weight is 943 g/mol. The maximum absolute atomic E-state index is 14.2. The van der Waals surface area contributed by atoms with Gasteiger partial charge >= 0.3 is 0 Å². The van der Waals surface area contributed by atoms with E-state index in [4.69, 9.17) is 25.7 Å². The monoisotopic (exact) mass is 941 g/mol. The SMILES string of the molecule is COc1nn(CCOCCOCCNS(=O)(=O)c2ccc(Nc3ncc(Br)c(Nc4cccc(F)c4C(N)=O)n3)cc2)cc1Nc1nc(N2C[C@@H](N)[C@H](F)C2)nc2c1ncn2C. The maximum Gasteiger partial charge on any atom is 0.256 e. The Labute approximate surface area is 361 Å². The minimum absolute atomic E-state index is 0.0249. The number of aryl methyl sites for hydroxylation is 1. The van der Waals surface area contributed by atoms with Crippen LogP contribution in [0.1, 0.15) is 10.4 Å². The third kappa shape index (κ3) is 10.3. The van der Waals surface area contributed by atoms with Crippen LogP contribution in [0.3, 0.4) is 0 Å². The number of hydrogen-bond acceptors (Lipinski definition) is 17. The summed E-state index contributed by atoms with van der Waals surface area (Å²) in [4.78, 5) is 35.8. The second kappa shape index (κ2) is 19.3. The van der Waals surface area contributed by atoms with E-state index >= 15 is 0 Å². The van der Waals surface area contributed by atoms with Crippen molar-refractivity contribution < 1.29 is 36.2 Å². The normalized spacial score (nSPS) is 15.3. The molecule has 0 radical (unpaired) electrons. The van der Waals surface area contributed by atoms with Gasteiger partial charge in [-0.3, -0.25) is 9.48 Å². The fraction of sp³-hybridized carbons (Fsp3) is 0.324. The Bertz CT molecular complexity index is 2640. The van der Waals surface area contributed by atoms with Crippen LogP contribution < -0.4 is 41.8 Å². The summed E-state index contributed by atoms with van der Waals surface area (Å²) in [7, 11) is -0.549. The number of sulfonamides is 1. The number of halogens is 3. The maximum atomic E-state index is 14.2. The molecule has 0 saturated carbocycles. The highest BCUT2D eigenvalue weighted by Crippen LogP contribution is 2.31. The number of hydrogen-bond donors (Lipinski definition) is 6. The number of anilines is 7. The molecule has 8 N–H and O–H groups in total. The van der Waals surface area contributed by atoms with E-state index in [2.05, 4.69) is 66.6 Å². The van der Waals surface area contributed by atoms with Gasteiger partial charge in [0.15, 0.2) is 17.0 Å². The number of nitrogens with two attached hydrogens (primary N) is 2. The quantitative estimate of drug-likeness (QED) is 0.0601. The van der Waals surface area contributed by atoms with Crippen LogP contribution in [-0.2, 0) is 33.1 Å². The van der Waals surface area contributed by atoms with E-state index in [9.17, 15) is 22.0 Å². The minimum atomic E-state index is -3.85. The summed E-state index contributed by atoms with van der Waals surface area (Å²) in [6.45, 7) is 1.66. The molecule has 62 heavy (non-hydrogen) atoms. The van der Waals surface area contributed by atoms with Crippen LogP contribution in [0.4, 0.5) is 49.4 Å². The molecule has 7 rings (SSSR count). The van der Waals surface area contributed by atoms with E-state index in [1.165, 1.54) is 49.7 Å². The number of benzene rings is 2. The standard InChI is InChI=1S/C37H42BrF2N15O6S/c1-53-20-44-30-33(50-37(51-34(30)53)54-17-25(40)26(41)18-54)48-28-19-55(52-35(28)59-2)11-13-61-15-14-60-12-10-45-62(57,58)22-8-6-21(7-9-22)46-36-43-16-23(38)32(49-36)47-27-5-3-4-24(39)29(27)31(42)56/h3-9,16,19-20,25-26,45H,10-15,17-18,41H2,1-2H3,(H2,42,56)(H,48,50,51)(H2,43,46,47,49)/t25-,26-/m1/s1. The van der Waals surface area contributed by atoms with Crippen LogP contribution in [0, 0.1) is 5.82 Å². The number of rotatable bonds is 20. The topological polar surface area (TPSA) is 270 Å². The van der Waals surface area contributed by atoms with Gasteiger partial charge in [-0.2, -0.15) is 15.0 Å². The van der Waals surface area contributed by atoms with E-state index in [0.717, 1.165) is 6.07 Å². The smallest absolute Gasteiger partial charge is 0.256 e. The van der Waals surface area contributed by atoms with E-state index in [0.29, 0.717) is 57.8 Å². The zero-order valence-corrected chi connectivity index (χ0v) is 35.7. The second-order valence-corrected chi connectivity index (χ2v) is 16.4. The molecule has 2 atom stereocenters. The molecule has 328 valence electrons.